The Balaban J connectivity index is 1.92. The number of nitrogens with one attached hydrogen (secondary N) is 1. The number of hydrogen-bond donors (Lipinski definition) is 1. The van der Waals surface area contributed by atoms with Gasteiger partial charge in [0.05, 0.1) is 0 Å². The fourth-order valence-electron chi connectivity index (χ4n) is 2.09. The summed E-state index contributed by atoms with van der Waals surface area (Å²) in [5.41, 5.74) is 2.88. The van der Waals surface area contributed by atoms with Crippen LogP contribution < -0.4 is 9.46 Å². The summed E-state index contributed by atoms with van der Waals surface area (Å²) < 4.78 is 9.22. The van der Waals surface area contributed by atoms with E-state index in [1.807, 2.05) is 48.5 Å². The maximum Gasteiger partial charge on any atom is 0.150 e. The zero-order valence-electron chi connectivity index (χ0n) is 13.8. The lowest BCUT2D eigenvalue weighted by Crippen LogP contribution is -2.25. The first-order valence-electron chi connectivity index (χ1n) is 7.79. The van der Waals surface area contributed by atoms with Gasteiger partial charge in [-0.2, -0.15) is 0 Å². The Kier molecular flexibility index (Phi) is 6.68. The van der Waals surface area contributed by atoms with E-state index < -0.39 is 0 Å². The summed E-state index contributed by atoms with van der Waals surface area (Å²) in [6.07, 6.45) is 0.965. The van der Waals surface area contributed by atoms with Gasteiger partial charge in [-0.05, 0) is 30.2 Å². The van der Waals surface area contributed by atoms with Crippen LogP contribution in [0.2, 0.25) is 0 Å². The summed E-state index contributed by atoms with van der Waals surface area (Å²) in [4.78, 5) is 10.7. The first-order valence-corrected chi connectivity index (χ1v) is 8.67. The van der Waals surface area contributed by atoms with E-state index >= 15 is 0 Å². The average molecular weight is 329 g/mol. The van der Waals surface area contributed by atoms with E-state index in [-0.39, 0.29) is 6.10 Å². The van der Waals surface area contributed by atoms with E-state index in [0.717, 1.165) is 29.7 Å². The van der Waals surface area contributed by atoms with Gasteiger partial charge < -0.3 is 4.74 Å². The minimum Gasteiger partial charge on any atom is -0.489 e. The van der Waals surface area contributed by atoms with Gasteiger partial charge in [-0.15, -0.1) is 0 Å². The fourth-order valence-corrected chi connectivity index (χ4v) is 2.75. The van der Waals surface area contributed by atoms with E-state index in [1.54, 1.807) is 11.9 Å². The maximum atomic E-state index is 10.7. The second-order valence-corrected chi connectivity index (χ2v) is 7.17. The van der Waals surface area contributed by atoms with Gasteiger partial charge in [0.15, 0.2) is 0 Å². The molecule has 1 unspecified atom stereocenters. The van der Waals surface area contributed by atoms with Crippen molar-refractivity contribution in [1.29, 1.82) is 0 Å². The zero-order chi connectivity index (χ0) is 16.7. The van der Waals surface area contributed by atoms with Crippen LogP contribution in [0.25, 0.3) is 11.1 Å². The van der Waals surface area contributed by atoms with Crippen LogP contribution in [-0.4, -0.2) is 24.2 Å². The maximum absolute atomic E-state index is 10.7. The Morgan fingerprint density at radius 2 is 1.57 bits per heavy atom. The summed E-state index contributed by atoms with van der Waals surface area (Å²) in [7, 11) is 0. The minimum atomic E-state index is 0.110. The number of benzene rings is 2. The van der Waals surface area contributed by atoms with Crippen molar-refractivity contribution in [3.63, 3.8) is 0 Å². The Bertz CT molecular complexity index is 608. The third-order valence-corrected chi connectivity index (χ3v) is 4.07. The summed E-state index contributed by atoms with van der Waals surface area (Å²) >= 11 is 1.72. The molecule has 0 fully saturated rings. The molecule has 0 heterocycles. The van der Waals surface area contributed by atoms with Gasteiger partial charge in [-0.25, -0.2) is 0 Å². The second kappa shape index (κ2) is 8.75. The predicted octanol–water partition coefficient (Wildman–Crippen LogP) is 4.58. The van der Waals surface area contributed by atoms with Crippen molar-refractivity contribution >= 4 is 18.2 Å². The molecule has 4 heteroatoms. The van der Waals surface area contributed by atoms with Crippen LogP contribution in [-0.2, 0) is 0 Å². The van der Waals surface area contributed by atoms with E-state index in [2.05, 4.69) is 25.5 Å². The third kappa shape index (κ3) is 5.73. The number of carbonyl (C=O) groups is 1. The number of rotatable bonds is 8. The van der Waals surface area contributed by atoms with E-state index in [0.29, 0.717) is 10.8 Å². The van der Waals surface area contributed by atoms with Crippen LogP contribution >= 0.6 is 11.9 Å². The molecule has 0 aliphatic rings. The highest BCUT2D eigenvalue weighted by atomic mass is 32.2. The molecule has 0 spiro atoms. The van der Waals surface area contributed by atoms with Crippen molar-refractivity contribution in [3.05, 3.63) is 54.1 Å². The molecule has 0 aromatic heterocycles. The topological polar surface area (TPSA) is 38.3 Å². The van der Waals surface area contributed by atoms with Gasteiger partial charge in [0.1, 0.15) is 18.1 Å². The first-order chi connectivity index (χ1) is 11.1. The molecule has 3 nitrogen and oxygen atoms in total. The standard InChI is InChI=1S/C19H23NO2S/c1-14(2)23-20-12-15(3)22-19-10-8-18(9-11-19)17-6-4-16(13-21)5-7-17/h4-11,13-15,20H,12H2,1-3H3. The molecule has 1 atom stereocenters. The monoisotopic (exact) mass is 329 g/mol. The van der Waals surface area contributed by atoms with E-state index in [1.165, 1.54) is 0 Å². The quantitative estimate of drug-likeness (QED) is 0.568. The molecule has 1 N–H and O–H groups in total. The van der Waals surface area contributed by atoms with Crippen molar-refractivity contribution < 1.29 is 9.53 Å². The van der Waals surface area contributed by atoms with Gasteiger partial charge >= 0.3 is 0 Å². The fraction of sp³-hybridized carbons (Fsp3) is 0.316. The normalized spacial score (nSPS) is 12.2. The number of hydrogen-bond acceptors (Lipinski definition) is 4. The zero-order valence-corrected chi connectivity index (χ0v) is 14.6. The summed E-state index contributed by atoms with van der Waals surface area (Å²) in [6, 6.07) is 15.6. The Hall–Kier alpha value is -1.78. The van der Waals surface area contributed by atoms with Crippen LogP contribution in [0.15, 0.2) is 48.5 Å². The van der Waals surface area contributed by atoms with E-state index in [9.17, 15) is 4.79 Å². The Labute approximate surface area is 142 Å². The van der Waals surface area contributed by atoms with Crippen LogP contribution in [0, 0.1) is 0 Å². The Morgan fingerprint density at radius 3 is 2.09 bits per heavy atom. The number of ether oxygens (including phenoxy) is 1. The lowest BCUT2D eigenvalue weighted by Gasteiger charge is -2.16. The molecule has 0 radical (unpaired) electrons. The Morgan fingerprint density at radius 1 is 1.00 bits per heavy atom. The van der Waals surface area contributed by atoms with E-state index in [4.69, 9.17) is 4.74 Å². The van der Waals surface area contributed by atoms with Crippen LogP contribution in [0.1, 0.15) is 31.1 Å². The van der Waals surface area contributed by atoms with Crippen molar-refractivity contribution in [2.45, 2.75) is 32.1 Å². The van der Waals surface area contributed by atoms with Crippen molar-refractivity contribution in [2.75, 3.05) is 6.54 Å². The van der Waals surface area contributed by atoms with Crippen LogP contribution in [0.3, 0.4) is 0 Å². The lowest BCUT2D eigenvalue weighted by molar-refractivity contribution is 0.112. The molecule has 122 valence electrons. The molecular weight excluding hydrogens is 306 g/mol. The SMILES string of the molecule is CC(CNSC(C)C)Oc1ccc(-c2ccc(C=O)cc2)cc1. The number of aldehydes is 1. The molecule has 0 aliphatic carbocycles. The molecule has 2 rings (SSSR count). The van der Waals surface area contributed by atoms with Crippen LogP contribution in [0.5, 0.6) is 5.75 Å². The molecule has 23 heavy (non-hydrogen) atoms. The van der Waals surface area contributed by atoms with Gasteiger partial charge in [-0.1, -0.05) is 62.2 Å². The van der Waals surface area contributed by atoms with Crippen molar-refractivity contribution in [1.82, 2.24) is 4.72 Å². The van der Waals surface area contributed by atoms with Crippen LogP contribution in [0.4, 0.5) is 0 Å². The van der Waals surface area contributed by atoms with Gasteiger partial charge in [0.25, 0.3) is 0 Å². The summed E-state index contributed by atoms with van der Waals surface area (Å²) in [5, 5.41) is 0.562. The molecular formula is C19H23NO2S. The summed E-state index contributed by atoms with van der Waals surface area (Å²) in [6.45, 7) is 7.17. The molecule has 2 aromatic carbocycles. The largest absolute Gasteiger partial charge is 0.489 e. The van der Waals surface area contributed by atoms with Crippen molar-refractivity contribution in [2.24, 2.45) is 0 Å². The molecule has 0 amide bonds. The van der Waals surface area contributed by atoms with Gasteiger partial charge in [0.2, 0.25) is 0 Å². The van der Waals surface area contributed by atoms with Gasteiger partial charge in [0, 0.05) is 17.4 Å². The molecule has 2 aromatic rings. The highest BCUT2D eigenvalue weighted by molar-refractivity contribution is 7.97. The highest BCUT2D eigenvalue weighted by Gasteiger charge is 2.05. The molecule has 0 saturated heterocycles. The lowest BCUT2D eigenvalue weighted by atomic mass is 10.0. The highest BCUT2D eigenvalue weighted by Crippen LogP contribution is 2.23. The average Bonchev–Trinajstić information content (AvgIpc) is 2.55. The summed E-state index contributed by atoms with van der Waals surface area (Å²) in [5.74, 6) is 0.863. The third-order valence-electron chi connectivity index (χ3n) is 3.26. The van der Waals surface area contributed by atoms with Crippen molar-refractivity contribution in [3.8, 4) is 16.9 Å². The predicted molar refractivity (Wildman–Crippen MR) is 98.1 cm³/mol. The molecule has 0 aliphatic heterocycles. The minimum absolute atomic E-state index is 0.110. The molecule has 0 saturated carbocycles. The molecule has 0 bridgehead atoms. The van der Waals surface area contributed by atoms with Gasteiger partial charge in [-0.3, -0.25) is 9.52 Å². The second-order valence-electron chi connectivity index (χ2n) is 5.71. The number of carbonyl (C=O) groups excluding carboxylic acids is 1. The first kappa shape index (κ1) is 17.6. The smallest absolute Gasteiger partial charge is 0.150 e.